The van der Waals surface area contributed by atoms with E-state index in [1.807, 2.05) is 0 Å². The highest BCUT2D eigenvalue weighted by Crippen LogP contribution is 2.47. The molecule has 0 aromatic rings. The van der Waals surface area contributed by atoms with Crippen LogP contribution in [-0.2, 0) is 9.53 Å². The van der Waals surface area contributed by atoms with Crippen molar-refractivity contribution in [3.8, 4) is 0 Å². The van der Waals surface area contributed by atoms with Crippen molar-refractivity contribution >= 4 is 11.9 Å². The number of nitrogens with one attached hydrogen (secondary N) is 2. The molecule has 1 saturated carbocycles. The van der Waals surface area contributed by atoms with Gasteiger partial charge < -0.3 is 30.3 Å². The van der Waals surface area contributed by atoms with Gasteiger partial charge in [0, 0.05) is 0 Å². The van der Waals surface area contributed by atoms with Crippen molar-refractivity contribution in [1.29, 1.82) is 0 Å². The average molecular weight is 304 g/mol. The summed E-state index contributed by atoms with van der Waals surface area (Å²) in [6.45, 7) is -0.781. The summed E-state index contributed by atoms with van der Waals surface area (Å²) in [6.07, 6.45) is -6.35. The molecule has 2 aliphatic heterocycles. The zero-order valence-electron chi connectivity index (χ0n) is 10.9. The molecule has 21 heavy (non-hydrogen) atoms. The first kappa shape index (κ1) is 14.5. The molecule has 118 valence electrons. The van der Waals surface area contributed by atoms with Gasteiger partial charge in [0.15, 0.2) is 24.0 Å². The minimum atomic E-state index is -1.93. The third kappa shape index (κ3) is 1.64. The molecule has 2 fully saturated rings. The van der Waals surface area contributed by atoms with Gasteiger partial charge in [-0.15, -0.1) is 0 Å². The second-order valence-corrected chi connectivity index (χ2v) is 5.84. The third-order valence-electron chi connectivity index (χ3n) is 4.72. The van der Waals surface area contributed by atoms with Crippen LogP contribution in [0, 0.1) is 5.92 Å². The summed E-state index contributed by atoms with van der Waals surface area (Å²) in [4.78, 5) is 14.3. The smallest absolute Gasteiger partial charge is 0.343 e. The second-order valence-electron chi connectivity index (χ2n) is 5.84. The van der Waals surface area contributed by atoms with Gasteiger partial charge in [-0.3, -0.25) is 16.0 Å². The van der Waals surface area contributed by atoms with Crippen LogP contribution in [0.2, 0.25) is 0 Å². The summed E-state index contributed by atoms with van der Waals surface area (Å²) in [7, 11) is 0. The van der Waals surface area contributed by atoms with E-state index < -0.39 is 54.2 Å². The molecule has 1 spiro atoms. The normalized spacial score (nSPS) is 52.3. The summed E-state index contributed by atoms with van der Waals surface area (Å²) in [5, 5.41) is 53.2. The van der Waals surface area contributed by atoms with Crippen LogP contribution in [0.5, 0.6) is 0 Å². The molecule has 0 aromatic heterocycles. The first-order valence-corrected chi connectivity index (χ1v) is 6.51. The topological polar surface area (TPSA) is 179 Å². The van der Waals surface area contributed by atoms with Gasteiger partial charge in [0.05, 0.1) is 12.5 Å². The number of guanidine groups is 1. The molecule has 2 heterocycles. The van der Waals surface area contributed by atoms with E-state index in [0.29, 0.717) is 0 Å². The Hall–Kier alpha value is -1.46. The van der Waals surface area contributed by atoms with E-state index in [1.165, 1.54) is 0 Å². The van der Waals surface area contributed by atoms with Gasteiger partial charge in [-0.1, -0.05) is 0 Å². The summed E-state index contributed by atoms with van der Waals surface area (Å²) in [6, 6.07) is 0. The van der Waals surface area contributed by atoms with Gasteiger partial charge in [-0.25, -0.2) is 4.79 Å². The summed E-state index contributed by atoms with van der Waals surface area (Å²) in [5.74, 6) is -2.19. The average Bonchev–Trinajstić information content (AvgIpc) is 2.42. The number of carbonyl (C=O) groups is 1. The first-order valence-electron chi connectivity index (χ1n) is 6.51. The molecule has 1 saturated heterocycles. The van der Waals surface area contributed by atoms with Crippen molar-refractivity contribution in [3.05, 3.63) is 0 Å². The molecular formula is C11H18N3O7+. The minimum absolute atomic E-state index is 0.125. The molecule has 1 aliphatic carbocycles. The Kier molecular flexibility index (Phi) is 2.94. The highest BCUT2D eigenvalue weighted by Gasteiger charge is 2.73. The molecular weight excluding hydrogens is 286 g/mol. The monoisotopic (exact) mass is 304 g/mol. The standard InChI is InChI=1S/C11H17N3O7/c12-9-13-7(18)3-1-10(20,2-15)6-4(16)11(3,14-9)5(17)8(19)21-6/h3-7,15-18,20H,1-2H2,(H3,12,13,14)/p+1/t3-,4+,5+,6-,7+,10+,11+/m0/s1. The SMILES string of the molecule is NC1=[NH+][C@H](O)[C@@H]2C[C@@](O)(CO)[C@H]3OC(=O)[C@@H](O)[C@]2(N1)[C@@H]3O. The van der Waals surface area contributed by atoms with Crippen molar-refractivity contribution in [3.63, 3.8) is 0 Å². The van der Waals surface area contributed by atoms with E-state index >= 15 is 0 Å². The fourth-order valence-corrected chi connectivity index (χ4v) is 3.64. The van der Waals surface area contributed by atoms with E-state index in [-0.39, 0.29) is 12.4 Å². The lowest BCUT2D eigenvalue weighted by molar-refractivity contribution is -0.586. The molecule has 2 bridgehead atoms. The summed E-state index contributed by atoms with van der Waals surface area (Å²) >= 11 is 0. The summed E-state index contributed by atoms with van der Waals surface area (Å²) in [5.41, 5.74) is 1.95. The van der Waals surface area contributed by atoms with E-state index in [9.17, 15) is 30.3 Å². The van der Waals surface area contributed by atoms with Gasteiger partial charge in [0.25, 0.3) is 0 Å². The number of hydrogen-bond acceptors (Lipinski definition) is 9. The molecule has 9 N–H and O–H groups in total. The first-order chi connectivity index (χ1) is 9.76. The predicted molar refractivity (Wildman–Crippen MR) is 64.1 cm³/mol. The molecule has 3 aliphatic rings. The number of ether oxygens (including phenoxy) is 1. The number of carbonyl (C=O) groups excluding carboxylic acids is 1. The van der Waals surface area contributed by atoms with Crippen molar-refractivity contribution in [2.24, 2.45) is 11.7 Å². The Morgan fingerprint density at radius 3 is 2.71 bits per heavy atom. The van der Waals surface area contributed by atoms with Crippen LogP contribution in [-0.4, -0.2) is 79.7 Å². The molecule has 10 heteroatoms. The predicted octanol–water partition coefficient (Wildman–Crippen LogP) is -6.57. The van der Waals surface area contributed by atoms with Crippen LogP contribution in [0.3, 0.4) is 0 Å². The number of aliphatic hydroxyl groups excluding tert-OH is 4. The maximum atomic E-state index is 11.9. The second kappa shape index (κ2) is 4.27. The van der Waals surface area contributed by atoms with Crippen LogP contribution in [0.4, 0.5) is 0 Å². The lowest BCUT2D eigenvalue weighted by atomic mass is 9.59. The van der Waals surface area contributed by atoms with Crippen LogP contribution in [0.15, 0.2) is 0 Å². The van der Waals surface area contributed by atoms with Gasteiger partial charge in [0.1, 0.15) is 11.7 Å². The van der Waals surface area contributed by atoms with E-state index in [1.54, 1.807) is 0 Å². The van der Waals surface area contributed by atoms with Gasteiger partial charge in [-0.05, 0) is 6.42 Å². The zero-order valence-corrected chi connectivity index (χ0v) is 10.9. The molecule has 0 amide bonds. The Bertz CT molecular complexity index is 514. The van der Waals surface area contributed by atoms with E-state index in [4.69, 9.17) is 10.5 Å². The number of rotatable bonds is 1. The number of aliphatic hydroxyl groups is 5. The van der Waals surface area contributed by atoms with Gasteiger partial charge >= 0.3 is 11.9 Å². The minimum Gasteiger partial charge on any atom is -0.454 e. The fourth-order valence-electron chi connectivity index (χ4n) is 3.64. The van der Waals surface area contributed by atoms with E-state index in [0.717, 1.165) is 0 Å². The Labute approximate surface area is 118 Å². The maximum Gasteiger partial charge on any atom is 0.343 e. The molecule has 7 atom stereocenters. The van der Waals surface area contributed by atoms with Gasteiger partial charge in [-0.2, -0.15) is 0 Å². The van der Waals surface area contributed by atoms with Crippen molar-refractivity contribution in [1.82, 2.24) is 5.32 Å². The van der Waals surface area contributed by atoms with Crippen molar-refractivity contribution in [2.75, 3.05) is 6.61 Å². The van der Waals surface area contributed by atoms with E-state index in [2.05, 4.69) is 10.3 Å². The van der Waals surface area contributed by atoms with Gasteiger partial charge in [0.2, 0.25) is 0 Å². The lowest BCUT2D eigenvalue weighted by Crippen LogP contribution is -2.98. The Balaban J connectivity index is 2.16. The molecule has 3 rings (SSSR count). The number of nitrogens with two attached hydrogens (primary N) is 1. The van der Waals surface area contributed by atoms with Crippen molar-refractivity contribution < 1.29 is 40.1 Å². The number of fused-ring (bicyclic) bond motifs is 1. The maximum absolute atomic E-state index is 11.9. The highest BCUT2D eigenvalue weighted by atomic mass is 16.6. The Morgan fingerprint density at radius 2 is 2.10 bits per heavy atom. The fraction of sp³-hybridized carbons (Fsp3) is 0.818. The number of esters is 1. The highest BCUT2D eigenvalue weighted by molar-refractivity contribution is 5.82. The van der Waals surface area contributed by atoms with Crippen LogP contribution in [0.25, 0.3) is 0 Å². The Morgan fingerprint density at radius 1 is 1.43 bits per heavy atom. The molecule has 0 unspecified atom stereocenters. The zero-order chi connectivity index (χ0) is 15.6. The van der Waals surface area contributed by atoms with Crippen molar-refractivity contribution in [2.45, 2.75) is 42.1 Å². The van der Waals surface area contributed by atoms with Crippen LogP contribution < -0.4 is 16.0 Å². The quantitative estimate of drug-likeness (QED) is 0.218. The van der Waals surface area contributed by atoms with Crippen LogP contribution >= 0.6 is 0 Å². The molecule has 10 nitrogen and oxygen atoms in total. The third-order valence-corrected chi connectivity index (χ3v) is 4.72. The molecule has 0 radical (unpaired) electrons. The van der Waals surface area contributed by atoms with Crippen LogP contribution in [0.1, 0.15) is 6.42 Å². The summed E-state index contributed by atoms with van der Waals surface area (Å²) < 4.78 is 4.86. The number of hydrogen-bond donors (Lipinski definition) is 8. The molecule has 0 aromatic carbocycles. The lowest BCUT2D eigenvalue weighted by Gasteiger charge is -2.58. The largest absolute Gasteiger partial charge is 0.454 e.